The molecule has 0 amide bonds. The molecule has 0 aliphatic rings. The van der Waals surface area contributed by atoms with Crippen LogP contribution in [-0.2, 0) is 13.5 Å². The Bertz CT molecular complexity index is 646. The van der Waals surface area contributed by atoms with Gasteiger partial charge in [0.1, 0.15) is 11.5 Å². The second-order valence-electron chi connectivity index (χ2n) is 4.26. The van der Waals surface area contributed by atoms with Crippen molar-refractivity contribution in [3.05, 3.63) is 59.2 Å². The van der Waals surface area contributed by atoms with Gasteiger partial charge in [-0.3, -0.25) is 4.79 Å². The molecule has 4 nitrogen and oxygen atoms in total. The lowest BCUT2D eigenvalue weighted by Crippen LogP contribution is -2.02. The molecule has 5 heteroatoms. The second-order valence-corrected chi connectivity index (χ2v) is 4.26. The zero-order valence-corrected chi connectivity index (χ0v) is 10.3. The number of hydrogen-bond acceptors (Lipinski definition) is 2. The van der Waals surface area contributed by atoms with Crippen molar-refractivity contribution < 1.29 is 19.1 Å². The Kier molecular flexibility index (Phi) is 3.46. The number of rotatable bonds is 4. The van der Waals surface area contributed by atoms with Gasteiger partial charge >= 0.3 is 5.97 Å². The van der Waals surface area contributed by atoms with Crippen LogP contribution in [0.5, 0.6) is 0 Å². The van der Waals surface area contributed by atoms with Crippen LogP contribution in [-0.4, -0.2) is 21.4 Å². The Hall–Kier alpha value is -2.43. The molecule has 98 valence electrons. The van der Waals surface area contributed by atoms with Gasteiger partial charge in [0.05, 0.1) is 0 Å². The van der Waals surface area contributed by atoms with Crippen LogP contribution in [0.25, 0.3) is 0 Å². The third kappa shape index (κ3) is 2.88. The van der Waals surface area contributed by atoms with Crippen LogP contribution in [0.1, 0.15) is 26.4 Å². The van der Waals surface area contributed by atoms with Crippen molar-refractivity contribution >= 4 is 11.8 Å². The molecule has 0 fully saturated rings. The van der Waals surface area contributed by atoms with E-state index in [2.05, 4.69) is 0 Å². The highest BCUT2D eigenvalue weighted by Crippen LogP contribution is 2.12. The van der Waals surface area contributed by atoms with Crippen LogP contribution < -0.4 is 0 Å². The van der Waals surface area contributed by atoms with Crippen LogP contribution in [0.15, 0.2) is 36.5 Å². The van der Waals surface area contributed by atoms with Crippen molar-refractivity contribution in [1.82, 2.24) is 4.57 Å². The average molecular weight is 261 g/mol. The number of aryl methyl sites for hydroxylation is 1. The predicted molar refractivity (Wildman–Crippen MR) is 66.8 cm³/mol. The summed E-state index contributed by atoms with van der Waals surface area (Å²) in [5, 5.41) is 8.91. The summed E-state index contributed by atoms with van der Waals surface area (Å²) in [4.78, 5) is 22.9. The molecule has 2 aromatic rings. The Balaban J connectivity index is 2.21. The van der Waals surface area contributed by atoms with Crippen molar-refractivity contribution in [2.24, 2.45) is 7.05 Å². The Morgan fingerprint density at radius 1 is 1.32 bits per heavy atom. The molecular weight excluding hydrogens is 249 g/mol. The van der Waals surface area contributed by atoms with Gasteiger partial charge in [-0.05, 0) is 23.8 Å². The van der Waals surface area contributed by atoms with E-state index in [0.29, 0.717) is 11.1 Å². The van der Waals surface area contributed by atoms with E-state index in [1.165, 1.54) is 35.0 Å². The zero-order chi connectivity index (χ0) is 14.0. The summed E-state index contributed by atoms with van der Waals surface area (Å²) in [6, 6.07) is 7.11. The van der Waals surface area contributed by atoms with E-state index in [1.807, 2.05) is 0 Å². The molecule has 0 unspecified atom stereocenters. The van der Waals surface area contributed by atoms with E-state index in [4.69, 9.17) is 5.11 Å². The lowest BCUT2D eigenvalue weighted by Gasteiger charge is -1.99. The van der Waals surface area contributed by atoms with E-state index in [0.717, 1.165) is 0 Å². The van der Waals surface area contributed by atoms with Crippen molar-refractivity contribution in [1.29, 1.82) is 0 Å². The molecule has 19 heavy (non-hydrogen) atoms. The Morgan fingerprint density at radius 3 is 2.63 bits per heavy atom. The fourth-order valence-electron chi connectivity index (χ4n) is 1.86. The van der Waals surface area contributed by atoms with Gasteiger partial charge in [-0.15, -0.1) is 0 Å². The number of aromatic carboxylic acids is 1. The minimum Gasteiger partial charge on any atom is -0.477 e. The first-order chi connectivity index (χ1) is 8.97. The van der Waals surface area contributed by atoms with Crippen molar-refractivity contribution in [3.63, 3.8) is 0 Å². The van der Waals surface area contributed by atoms with Crippen LogP contribution in [0.4, 0.5) is 4.39 Å². The topological polar surface area (TPSA) is 59.3 Å². The average Bonchev–Trinajstić information content (AvgIpc) is 2.71. The SMILES string of the molecule is Cn1cc(C(=O)Cc2cccc(F)c2)cc1C(=O)O. The number of ketones is 1. The first kappa shape index (κ1) is 13.0. The minimum atomic E-state index is -1.09. The van der Waals surface area contributed by atoms with Crippen LogP contribution >= 0.6 is 0 Å². The van der Waals surface area contributed by atoms with Crippen LogP contribution in [0.3, 0.4) is 0 Å². The first-order valence-electron chi connectivity index (χ1n) is 5.64. The molecule has 1 aromatic heterocycles. The number of halogens is 1. The van der Waals surface area contributed by atoms with Gasteiger partial charge in [0.15, 0.2) is 5.78 Å². The van der Waals surface area contributed by atoms with E-state index < -0.39 is 11.8 Å². The number of carboxylic acid groups (broad SMARTS) is 1. The molecule has 1 aromatic carbocycles. The molecule has 0 radical (unpaired) electrons. The molecule has 1 heterocycles. The summed E-state index contributed by atoms with van der Waals surface area (Å²) in [6.45, 7) is 0. The summed E-state index contributed by atoms with van der Waals surface area (Å²) in [5.41, 5.74) is 0.914. The number of nitrogens with zero attached hydrogens (tertiary/aromatic N) is 1. The van der Waals surface area contributed by atoms with E-state index in [1.54, 1.807) is 13.1 Å². The van der Waals surface area contributed by atoms with Gasteiger partial charge < -0.3 is 9.67 Å². The fraction of sp³-hybridized carbons (Fsp3) is 0.143. The number of carbonyl (C=O) groups is 2. The molecule has 0 saturated heterocycles. The maximum absolute atomic E-state index is 13.0. The van der Waals surface area contributed by atoms with Gasteiger partial charge in [0.2, 0.25) is 0 Å². The number of carbonyl (C=O) groups excluding carboxylic acids is 1. The molecule has 0 atom stereocenters. The smallest absolute Gasteiger partial charge is 0.352 e. The van der Waals surface area contributed by atoms with Gasteiger partial charge in [0.25, 0.3) is 0 Å². The maximum Gasteiger partial charge on any atom is 0.352 e. The normalized spacial score (nSPS) is 10.4. The quantitative estimate of drug-likeness (QED) is 0.859. The van der Waals surface area contributed by atoms with Gasteiger partial charge in [0, 0.05) is 25.2 Å². The minimum absolute atomic E-state index is 0.0425. The molecule has 0 spiro atoms. The number of carboxylic acids is 1. The highest BCUT2D eigenvalue weighted by atomic mass is 19.1. The molecule has 0 bridgehead atoms. The fourth-order valence-corrected chi connectivity index (χ4v) is 1.86. The Labute approximate surface area is 109 Å². The van der Waals surface area contributed by atoms with Gasteiger partial charge in [-0.1, -0.05) is 12.1 Å². The monoisotopic (exact) mass is 261 g/mol. The third-order valence-corrected chi connectivity index (χ3v) is 2.80. The number of Topliss-reactive ketones (excluding diaryl/α,β-unsaturated/α-hetero) is 1. The largest absolute Gasteiger partial charge is 0.477 e. The second kappa shape index (κ2) is 5.06. The molecule has 1 N–H and O–H groups in total. The molecule has 2 rings (SSSR count). The maximum atomic E-state index is 13.0. The lowest BCUT2D eigenvalue weighted by atomic mass is 10.1. The predicted octanol–water partition coefficient (Wildman–Crippen LogP) is 2.29. The highest BCUT2D eigenvalue weighted by Gasteiger charge is 2.15. The summed E-state index contributed by atoms with van der Waals surface area (Å²) in [6.07, 6.45) is 1.51. The van der Waals surface area contributed by atoms with E-state index in [9.17, 15) is 14.0 Å². The van der Waals surface area contributed by atoms with Crippen molar-refractivity contribution in [2.45, 2.75) is 6.42 Å². The standard InChI is InChI=1S/C14H12FNO3/c1-16-8-10(7-12(16)14(18)19)13(17)6-9-3-2-4-11(15)5-9/h2-5,7-8H,6H2,1H3,(H,18,19). The summed E-state index contributed by atoms with van der Waals surface area (Å²) < 4.78 is 14.4. The van der Waals surface area contributed by atoms with Crippen molar-refractivity contribution in [2.75, 3.05) is 0 Å². The van der Waals surface area contributed by atoms with Gasteiger partial charge in [-0.2, -0.15) is 0 Å². The highest BCUT2D eigenvalue weighted by molar-refractivity contribution is 5.99. The summed E-state index contributed by atoms with van der Waals surface area (Å²) in [7, 11) is 1.56. The summed E-state index contributed by atoms with van der Waals surface area (Å²) in [5.74, 6) is -1.73. The van der Waals surface area contributed by atoms with Crippen LogP contribution in [0, 0.1) is 5.82 Å². The van der Waals surface area contributed by atoms with Crippen LogP contribution in [0.2, 0.25) is 0 Å². The molecular formula is C14H12FNO3. The van der Waals surface area contributed by atoms with Crippen molar-refractivity contribution in [3.8, 4) is 0 Å². The molecule has 0 aliphatic heterocycles. The van der Waals surface area contributed by atoms with E-state index >= 15 is 0 Å². The first-order valence-corrected chi connectivity index (χ1v) is 5.64. The van der Waals surface area contributed by atoms with E-state index in [-0.39, 0.29) is 17.9 Å². The number of benzene rings is 1. The molecule has 0 saturated carbocycles. The number of aromatic nitrogens is 1. The third-order valence-electron chi connectivity index (χ3n) is 2.80. The lowest BCUT2D eigenvalue weighted by molar-refractivity contribution is 0.0686. The number of hydrogen-bond donors (Lipinski definition) is 1. The summed E-state index contributed by atoms with van der Waals surface area (Å²) >= 11 is 0. The van der Waals surface area contributed by atoms with Gasteiger partial charge in [-0.25, -0.2) is 9.18 Å². The molecule has 0 aliphatic carbocycles. The Morgan fingerprint density at radius 2 is 2.05 bits per heavy atom. The zero-order valence-electron chi connectivity index (χ0n) is 10.3.